The Kier molecular flexibility index (Phi) is 7.36. The van der Waals surface area contributed by atoms with Gasteiger partial charge in [-0.3, -0.25) is 15.6 Å². The highest BCUT2D eigenvalue weighted by Crippen LogP contribution is 2.19. The van der Waals surface area contributed by atoms with Gasteiger partial charge in [-0.05, 0) is 44.5 Å². The van der Waals surface area contributed by atoms with Crippen LogP contribution in [0.3, 0.4) is 0 Å². The van der Waals surface area contributed by atoms with E-state index in [4.69, 9.17) is 12.2 Å². The van der Waals surface area contributed by atoms with Crippen molar-refractivity contribution in [3.8, 4) is 0 Å². The van der Waals surface area contributed by atoms with Gasteiger partial charge in [-0.2, -0.15) is 0 Å². The zero-order valence-corrected chi connectivity index (χ0v) is 16.7. The van der Waals surface area contributed by atoms with E-state index in [-0.39, 0.29) is 30.2 Å². The number of rotatable bonds is 5. The lowest BCUT2D eigenvalue weighted by atomic mass is 9.99. The van der Waals surface area contributed by atoms with Gasteiger partial charge in [0.2, 0.25) is 15.9 Å². The van der Waals surface area contributed by atoms with Crippen LogP contribution in [0, 0.1) is 5.92 Å². The van der Waals surface area contributed by atoms with Crippen molar-refractivity contribution in [2.75, 3.05) is 18.8 Å². The molecule has 1 fully saturated rings. The monoisotopic (exact) mass is 398 g/mol. The zero-order valence-electron chi connectivity index (χ0n) is 15.1. The van der Waals surface area contributed by atoms with Gasteiger partial charge in [0.15, 0.2) is 5.11 Å². The second-order valence-corrected chi connectivity index (χ2v) is 8.98. The normalized spacial score (nSPS) is 19.4. The number of nitrogens with zero attached hydrogens (tertiary/aromatic N) is 1. The van der Waals surface area contributed by atoms with Gasteiger partial charge in [-0.25, -0.2) is 12.7 Å². The van der Waals surface area contributed by atoms with Crippen molar-refractivity contribution < 1.29 is 13.2 Å². The number of nitrogens with one attached hydrogen (secondary N) is 3. The van der Waals surface area contributed by atoms with Gasteiger partial charge < -0.3 is 5.32 Å². The Hall–Kier alpha value is -1.71. The van der Waals surface area contributed by atoms with Gasteiger partial charge in [-0.15, -0.1) is 0 Å². The molecule has 1 aromatic rings. The molecule has 0 saturated carbocycles. The quantitative estimate of drug-likeness (QED) is 0.512. The molecule has 0 bridgehead atoms. The van der Waals surface area contributed by atoms with Crippen molar-refractivity contribution in [1.29, 1.82) is 0 Å². The van der Waals surface area contributed by atoms with Crippen LogP contribution >= 0.6 is 12.2 Å². The number of hydrogen-bond acceptors (Lipinski definition) is 4. The number of sulfonamides is 1. The minimum Gasteiger partial charge on any atom is -0.355 e. The average molecular weight is 399 g/mol. The summed E-state index contributed by atoms with van der Waals surface area (Å²) in [5, 5.41) is 3.40. The van der Waals surface area contributed by atoms with Crippen molar-refractivity contribution in [2.24, 2.45) is 5.92 Å². The minimum atomic E-state index is -3.27. The lowest BCUT2D eigenvalue weighted by Gasteiger charge is -2.31. The fourth-order valence-electron chi connectivity index (χ4n) is 2.87. The van der Waals surface area contributed by atoms with Gasteiger partial charge in [0.1, 0.15) is 0 Å². The van der Waals surface area contributed by atoms with E-state index in [2.05, 4.69) is 16.2 Å². The number of carbonyl (C=O) groups is 1. The van der Waals surface area contributed by atoms with Crippen LogP contribution in [-0.4, -0.2) is 42.6 Å². The van der Waals surface area contributed by atoms with Crippen LogP contribution in [-0.2, 0) is 14.8 Å². The summed E-state index contributed by atoms with van der Waals surface area (Å²) in [7, 11) is -3.27. The van der Waals surface area contributed by atoms with E-state index in [1.54, 1.807) is 6.92 Å². The first kappa shape index (κ1) is 20.6. The summed E-state index contributed by atoms with van der Waals surface area (Å²) in [6, 6.07) is 9.82. The number of hydrogen-bond donors (Lipinski definition) is 3. The molecule has 1 aromatic carbocycles. The molecule has 2 rings (SSSR count). The first-order valence-electron chi connectivity index (χ1n) is 8.72. The second-order valence-electron chi connectivity index (χ2n) is 6.32. The molecule has 1 amide bonds. The molecule has 1 heterocycles. The van der Waals surface area contributed by atoms with Crippen LogP contribution in [0.1, 0.15) is 38.3 Å². The Bertz CT molecular complexity index is 725. The largest absolute Gasteiger partial charge is 0.355 e. The van der Waals surface area contributed by atoms with E-state index >= 15 is 0 Å². The molecular weight excluding hydrogens is 372 g/mol. The van der Waals surface area contributed by atoms with E-state index in [9.17, 15) is 13.2 Å². The van der Waals surface area contributed by atoms with Crippen LogP contribution in [0.25, 0.3) is 0 Å². The number of benzene rings is 1. The third-order valence-corrected chi connectivity index (χ3v) is 6.53. The molecule has 2 atom stereocenters. The summed E-state index contributed by atoms with van der Waals surface area (Å²) in [6.45, 7) is 4.27. The molecule has 0 aromatic heterocycles. The highest BCUT2D eigenvalue weighted by molar-refractivity contribution is 7.89. The maximum absolute atomic E-state index is 12.3. The van der Waals surface area contributed by atoms with E-state index in [1.165, 1.54) is 4.31 Å². The smallest absolute Gasteiger partial charge is 0.242 e. The van der Waals surface area contributed by atoms with Crippen LogP contribution < -0.4 is 16.2 Å². The molecule has 7 nitrogen and oxygen atoms in total. The molecule has 144 valence electrons. The summed E-state index contributed by atoms with van der Waals surface area (Å²) in [6.07, 6.45) is 1.33. The fourth-order valence-corrected chi connectivity index (χ4v) is 4.28. The van der Waals surface area contributed by atoms with E-state index in [0.717, 1.165) is 5.56 Å². The first-order valence-corrected chi connectivity index (χ1v) is 10.7. The molecule has 1 aliphatic heterocycles. The van der Waals surface area contributed by atoms with Gasteiger partial charge in [0.05, 0.1) is 17.7 Å². The summed E-state index contributed by atoms with van der Waals surface area (Å²) < 4.78 is 25.4. The lowest BCUT2D eigenvalue weighted by Crippen LogP contribution is -2.52. The summed E-state index contributed by atoms with van der Waals surface area (Å²) in [5.41, 5.74) is 6.36. The third-order valence-electron chi connectivity index (χ3n) is 4.46. The Labute approximate surface area is 160 Å². The Balaban J connectivity index is 1.81. The predicted octanol–water partition coefficient (Wildman–Crippen LogP) is 1.30. The fraction of sp³-hybridized carbons (Fsp3) is 0.529. The Morgan fingerprint density at radius 3 is 2.65 bits per heavy atom. The van der Waals surface area contributed by atoms with E-state index in [1.807, 2.05) is 37.3 Å². The van der Waals surface area contributed by atoms with Gasteiger partial charge in [-0.1, -0.05) is 30.3 Å². The molecule has 3 N–H and O–H groups in total. The standard InChI is InChI=1S/C17H26N4O3S2/c1-3-26(23,24)21-11-7-10-15(12-21)16(22)19-20-17(25)18-13(2)14-8-5-4-6-9-14/h4-6,8-9,13,15H,3,7,10-12H2,1-2H3,(H,19,22)(H2,18,20,25)/t13-,15-/m0/s1. The molecular formula is C17H26N4O3S2. The van der Waals surface area contributed by atoms with E-state index in [0.29, 0.717) is 24.5 Å². The average Bonchev–Trinajstić information content (AvgIpc) is 2.66. The summed E-state index contributed by atoms with van der Waals surface area (Å²) in [4.78, 5) is 12.3. The molecule has 1 saturated heterocycles. The predicted molar refractivity (Wildman–Crippen MR) is 106 cm³/mol. The van der Waals surface area contributed by atoms with Crippen molar-refractivity contribution in [3.05, 3.63) is 35.9 Å². The van der Waals surface area contributed by atoms with Crippen LogP contribution in [0.5, 0.6) is 0 Å². The zero-order chi connectivity index (χ0) is 19.2. The molecule has 0 spiro atoms. The third kappa shape index (κ3) is 5.65. The van der Waals surface area contributed by atoms with Crippen LogP contribution in [0.2, 0.25) is 0 Å². The second kappa shape index (κ2) is 9.29. The molecule has 26 heavy (non-hydrogen) atoms. The van der Waals surface area contributed by atoms with Crippen LogP contribution in [0.4, 0.5) is 0 Å². The van der Waals surface area contributed by atoms with Crippen molar-refractivity contribution in [3.63, 3.8) is 0 Å². The Morgan fingerprint density at radius 2 is 2.00 bits per heavy atom. The van der Waals surface area contributed by atoms with Crippen molar-refractivity contribution in [2.45, 2.75) is 32.7 Å². The first-order chi connectivity index (χ1) is 12.3. The Morgan fingerprint density at radius 1 is 1.31 bits per heavy atom. The topological polar surface area (TPSA) is 90.5 Å². The molecule has 0 unspecified atom stereocenters. The van der Waals surface area contributed by atoms with Gasteiger partial charge in [0, 0.05) is 13.1 Å². The number of amides is 1. The lowest BCUT2D eigenvalue weighted by molar-refractivity contribution is -0.126. The highest BCUT2D eigenvalue weighted by atomic mass is 32.2. The number of thiocarbonyl (C=S) groups is 1. The summed E-state index contributed by atoms with van der Waals surface area (Å²) in [5.74, 6) is -0.588. The van der Waals surface area contributed by atoms with Crippen LogP contribution in [0.15, 0.2) is 30.3 Å². The van der Waals surface area contributed by atoms with E-state index < -0.39 is 10.0 Å². The maximum atomic E-state index is 12.3. The maximum Gasteiger partial charge on any atom is 0.242 e. The number of carbonyl (C=O) groups excluding carboxylic acids is 1. The highest BCUT2D eigenvalue weighted by Gasteiger charge is 2.31. The SMILES string of the molecule is CCS(=O)(=O)N1CCC[C@H](C(=O)NNC(=S)N[C@@H](C)c2ccccc2)C1. The number of hydrazine groups is 1. The minimum absolute atomic E-state index is 0.00651. The molecule has 9 heteroatoms. The van der Waals surface area contributed by atoms with Gasteiger partial charge >= 0.3 is 0 Å². The summed E-state index contributed by atoms with van der Waals surface area (Å²) >= 11 is 5.21. The molecule has 0 aliphatic carbocycles. The van der Waals surface area contributed by atoms with Gasteiger partial charge in [0.25, 0.3) is 0 Å². The molecule has 0 radical (unpaired) electrons. The van der Waals surface area contributed by atoms with Crippen molar-refractivity contribution >= 4 is 33.3 Å². The number of piperidine rings is 1. The van der Waals surface area contributed by atoms with Crippen molar-refractivity contribution in [1.82, 2.24) is 20.5 Å². The molecule has 1 aliphatic rings.